The van der Waals surface area contributed by atoms with Gasteiger partial charge < -0.3 is 14.5 Å². The van der Waals surface area contributed by atoms with Crippen molar-refractivity contribution < 1.29 is 27.5 Å². The van der Waals surface area contributed by atoms with E-state index in [1.54, 1.807) is 30.3 Å². The van der Waals surface area contributed by atoms with Crippen LogP contribution >= 0.6 is 0 Å². The van der Waals surface area contributed by atoms with Crippen molar-refractivity contribution in [3.05, 3.63) is 65.2 Å². The van der Waals surface area contributed by atoms with Crippen LogP contribution in [0.2, 0.25) is 0 Å². The topological polar surface area (TPSA) is 73.6 Å². The summed E-state index contributed by atoms with van der Waals surface area (Å²) in [4.78, 5) is 28.3. The lowest BCUT2D eigenvalue weighted by molar-refractivity contribution is -0.135. The molecule has 2 aliphatic rings. The summed E-state index contributed by atoms with van der Waals surface area (Å²) in [6.07, 6.45) is -0.509. The van der Waals surface area contributed by atoms with Gasteiger partial charge in [0.2, 0.25) is 5.91 Å². The van der Waals surface area contributed by atoms with Crippen LogP contribution in [0, 0.1) is 23.0 Å². The summed E-state index contributed by atoms with van der Waals surface area (Å²) >= 11 is 0. The Morgan fingerprint density at radius 2 is 1.82 bits per heavy atom. The fraction of sp³-hybridized carbons (Fsp3) is 0.375. The number of hydrogen-bond donors (Lipinski definition) is 0. The Morgan fingerprint density at radius 1 is 1.12 bits per heavy atom. The van der Waals surface area contributed by atoms with Crippen molar-refractivity contribution in [3.63, 3.8) is 0 Å². The van der Waals surface area contributed by atoms with Gasteiger partial charge in [0, 0.05) is 18.5 Å². The predicted molar refractivity (Wildman–Crippen MR) is 112 cm³/mol. The molecule has 0 aliphatic carbocycles. The summed E-state index contributed by atoms with van der Waals surface area (Å²) in [5.41, 5.74) is 0.365. The Hall–Kier alpha value is -3.54. The smallest absolute Gasteiger partial charge is 0.254 e. The average Bonchev–Trinajstić information content (AvgIpc) is 3.44. The lowest BCUT2D eigenvalue weighted by atomic mass is 10.1. The van der Waals surface area contributed by atoms with Gasteiger partial charge in [-0.2, -0.15) is 5.26 Å². The van der Waals surface area contributed by atoms with Gasteiger partial charge in [-0.05, 0) is 30.5 Å². The van der Waals surface area contributed by atoms with E-state index >= 15 is 0 Å². The van der Waals surface area contributed by atoms with E-state index in [4.69, 9.17) is 4.74 Å². The van der Waals surface area contributed by atoms with Crippen molar-refractivity contribution in [2.24, 2.45) is 0 Å². The van der Waals surface area contributed by atoms with Gasteiger partial charge in [0.1, 0.15) is 24.9 Å². The molecule has 2 aromatic carbocycles. The second-order valence-corrected chi connectivity index (χ2v) is 8.17. The number of nitriles is 1. The summed E-state index contributed by atoms with van der Waals surface area (Å²) in [6.45, 7) is -0.0802. The number of carbonyl (C=O) groups excluding carboxylic acids is 2. The number of amides is 2. The zero-order valence-corrected chi connectivity index (χ0v) is 17.7. The summed E-state index contributed by atoms with van der Waals surface area (Å²) < 4.78 is 48.7. The van der Waals surface area contributed by atoms with Gasteiger partial charge >= 0.3 is 0 Å². The Bertz CT molecular complexity index is 1070. The summed E-state index contributed by atoms with van der Waals surface area (Å²) in [5.74, 6) is -4.14. The first-order valence-corrected chi connectivity index (χ1v) is 10.7. The van der Waals surface area contributed by atoms with Gasteiger partial charge in [-0.3, -0.25) is 9.59 Å². The van der Waals surface area contributed by atoms with Crippen LogP contribution in [0.25, 0.3) is 0 Å². The fourth-order valence-corrected chi connectivity index (χ4v) is 4.32. The zero-order chi connectivity index (χ0) is 23.5. The summed E-state index contributed by atoms with van der Waals surface area (Å²) in [7, 11) is 0. The molecular weight excluding hydrogens is 435 g/mol. The van der Waals surface area contributed by atoms with Crippen LogP contribution < -0.4 is 4.74 Å². The molecule has 0 aromatic heterocycles. The Morgan fingerprint density at radius 3 is 2.48 bits per heavy atom. The molecule has 172 valence electrons. The van der Waals surface area contributed by atoms with E-state index in [-0.39, 0.29) is 25.1 Å². The monoisotopic (exact) mass is 457 g/mol. The fourth-order valence-electron chi connectivity index (χ4n) is 4.32. The predicted octanol–water partition coefficient (Wildman–Crippen LogP) is 3.61. The average molecular weight is 457 g/mol. The first-order valence-electron chi connectivity index (χ1n) is 10.7. The molecule has 2 aliphatic heterocycles. The third kappa shape index (κ3) is 4.65. The van der Waals surface area contributed by atoms with Crippen molar-refractivity contribution in [2.75, 3.05) is 13.1 Å². The minimum atomic E-state index is -1.45. The van der Waals surface area contributed by atoms with Gasteiger partial charge in [0.25, 0.3) is 5.91 Å². The molecule has 2 saturated heterocycles. The molecule has 0 radical (unpaired) electrons. The van der Waals surface area contributed by atoms with Crippen LogP contribution in [0.3, 0.4) is 0 Å². The third-order valence-corrected chi connectivity index (χ3v) is 5.95. The lowest BCUT2D eigenvalue weighted by Gasteiger charge is -2.29. The van der Waals surface area contributed by atoms with Gasteiger partial charge in [-0.1, -0.05) is 30.3 Å². The van der Waals surface area contributed by atoms with Gasteiger partial charge in [0.15, 0.2) is 17.4 Å². The minimum Gasteiger partial charge on any atom is -0.483 e. The highest BCUT2D eigenvalue weighted by Crippen LogP contribution is 2.30. The molecule has 9 heteroatoms. The molecule has 0 N–H and O–H groups in total. The molecule has 6 nitrogen and oxygen atoms in total. The van der Waals surface area contributed by atoms with Crippen LogP contribution in [0.15, 0.2) is 42.5 Å². The maximum atomic E-state index is 14.6. The van der Waals surface area contributed by atoms with Crippen molar-refractivity contribution in [2.45, 2.75) is 44.1 Å². The van der Waals surface area contributed by atoms with Gasteiger partial charge in [-0.25, -0.2) is 13.2 Å². The highest BCUT2D eigenvalue weighted by atomic mass is 19.1. The minimum absolute atomic E-state index is 0.0654. The molecule has 3 atom stereocenters. The van der Waals surface area contributed by atoms with Crippen molar-refractivity contribution in [1.82, 2.24) is 9.80 Å². The Labute approximate surface area is 189 Å². The highest BCUT2D eigenvalue weighted by molar-refractivity contribution is 5.98. The number of alkyl halides is 1. The van der Waals surface area contributed by atoms with E-state index in [9.17, 15) is 28.0 Å². The normalized spacial score (nSPS) is 22.3. The molecule has 0 saturated carbocycles. The Kier molecular flexibility index (Phi) is 6.54. The Balaban J connectivity index is 1.52. The lowest BCUT2D eigenvalue weighted by Crippen LogP contribution is -2.49. The van der Waals surface area contributed by atoms with E-state index in [0.29, 0.717) is 24.9 Å². The first kappa shape index (κ1) is 22.6. The molecule has 0 spiro atoms. The molecule has 0 bridgehead atoms. The second kappa shape index (κ2) is 9.53. The molecule has 0 unspecified atom stereocenters. The maximum Gasteiger partial charge on any atom is 0.254 e. The zero-order valence-electron chi connectivity index (χ0n) is 17.7. The third-order valence-electron chi connectivity index (χ3n) is 5.95. The largest absolute Gasteiger partial charge is 0.483 e. The van der Waals surface area contributed by atoms with Crippen molar-refractivity contribution in [3.8, 4) is 11.8 Å². The molecule has 2 fully saturated rings. The van der Waals surface area contributed by atoms with Crippen molar-refractivity contribution >= 4 is 11.8 Å². The van der Waals surface area contributed by atoms with E-state index < -0.39 is 47.5 Å². The molecule has 33 heavy (non-hydrogen) atoms. The molecule has 4 rings (SSSR count). The van der Waals surface area contributed by atoms with E-state index in [0.717, 1.165) is 17.0 Å². The molecule has 2 aromatic rings. The second-order valence-electron chi connectivity index (χ2n) is 8.17. The SMILES string of the molecule is N#C[C@@H]1CCCN1C(=O)[C@@H]1C[C@H](F)CN1C(=O)c1cc(F)c(OCc2ccccc2)c(F)c1. The van der Waals surface area contributed by atoms with Crippen LogP contribution in [-0.4, -0.2) is 53.0 Å². The number of likely N-dealkylation sites (tertiary alicyclic amines) is 2. The number of benzene rings is 2. The number of rotatable bonds is 5. The van der Waals surface area contributed by atoms with Crippen LogP contribution in [0.5, 0.6) is 5.75 Å². The quantitative estimate of drug-likeness (QED) is 0.688. The molecule has 2 amide bonds. The van der Waals surface area contributed by atoms with E-state index in [1.807, 2.05) is 6.07 Å². The number of halogens is 3. The molecular formula is C24H22F3N3O3. The number of nitrogens with zero attached hydrogens (tertiary/aromatic N) is 3. The van der Waals surface area contributed by atoms with Gasteiger partial charge in [-0.15, -0.1) is 0 Å². The van der Waals surface area contributed by atoms with E-state index in [1.165, 1.54) is 4.90 Å². The van der Waals surface area contributed by atoms with Crippen LogP contribution in [0.1, 0.15) is 35.2 Å². The van der Waals surface area contributed by atoms with Crippen molar-refractivity contribution in [1.29, 1.82) is 5.26 Å². The summed E-state index contributed by atoms with van der Waals surface area (Å²) in [6, 6.07) is 10.8. The number of hydrogen-bond acceptors (Lipinski definition) is 4. The highest BCUT2D eigenvalue weighted by Gasteiger charge is 2.44. The maximum absolute atomic E-state index is 14.6. The first-order chi connectivity index (χ1) is 15.9. The standard InChI is InChI=1S/C24H22F3N3O3/c25-17-11-21(24(32)29-8-4-7-18(29)12-28)30(13-17)23(31)16-9-19(26)22(20(27)10-16)33-14-15-5-2-1-3-6-15/h1-3,5-6,9-10,17-18,21H,4,7-8,11,13-14H2/t17-,18-,21-/m0/s1. The number of carbonyl (C=O) groups is 2. The number of ether oxygens (including phenoxy) is 1. The van der Waals surface area contributed by atoms with Crippen LogP contribution in [-0.2, 0) is 11.4 Å². The van der Waals surface area contributed by atoms with Gasteiger partial charge in [0.05, 0.1) is 12.6 Å². The summed E-state index contributed by atoms with van der Waals surface area (Å²) in [5, 5.41) is 9.24. The molecule has 2 heterocycles. The van der Waals surface area contributed by atoms with Crippen LogP contribution in [0.4, 0.5) is 13.2 Å². The van der Waals surface area contributed by atoms with E-state index in [2.05, 4.69) is 0 Å².